The molecule has 0 aliphatic heterocycles. The summed E-state index contributed by atoms with van der Waals surface area (Å²) in [5.74, 6) is 1.22. The zero-order valence-corrected chi connectivity index (χ0v) is 14.5. The zero-order valence-electron chi connectivity index (χ0n) is 13.7. The summed E-state index contributed by atoms with van der Waals surface area (Å²) in [6.07, 6.45) is 1.75. The zero-order chi connectivity index (χ0) is 17.9. The summed E-state index contributed by atoms with van der Waals surface area (Å²) in [5, 5.41) is 14.9. The van der Waals surface area contributed by atoms with Gasteiger partial charge in [0.2, 0.25) is 0 Å². The number of nitrogens with one attached hydrogen (secondary N) is 1. The van der Waals surface area contributed by atoms with E-state index in [1.807, 2.05) is 30.3 Å². The molecule has 0 fully saturated rings. The Bertz CT molecular complexity index is 1070. The molecular weight excluding hydrogens is 348 g/mol. The van der Waals surface area contributed by atoms with E-state index in [4.69, 9.17) is 11.6 Å². The van der Waals surface area contributed by atoms with Crippen molar-refractivity contribution in [2.75, 3.05) is 5.32 Å². The molecule has 0 unspecified atom stereocenters. The van der Waals surface area contributed by atoms with Crippen molar-refractivity contribution in [2.45, 2.75) is 6.54 Å². The van der Waals surface area contributed by atoms with Crippen LogP contribution in [0.25, 0.3) is 22.3 Å². The molecule has 2 N–H and O–H groups in total. The molecule has 2 aromatic carbocycles. The van der Waals surface area contributed by atoms with Crippen LogP contribution in [0.2, 0.25) is 5.02 Å². The predicted octanol–water partition coefficient (Wildman–Crippen LogP) is 4.66. The summed E-state index contributed by atoms with van der Waals surface area (Å²) in [6, 6.07) is 18.2. The van der Waals surface area contributed by atoms with Crippen molar-refractivity contribution in [2.24, 2.45) is 0 Å². The molecule has 128 valence electrons. The molecule has 4 aromatic rings. The molecule has 0 aliphatic carbocycles. The standard InChI is InChI=1S/C20H15ClN4O/c21-13-8-9-15-17(11-13)24-20(16-6-1-2-7-18(16)26)25-19(15)23-12-14-5-3-4-10-22-14/h1-11,26H,12H2,(H,23,24,25). The Morgan fingerprint density at radius 3 is 2.62 bits per heavy atom. The van der Waals surface area contributed by atoms with E-state index in [9.17, 15) is 5.11 Å². The first-order valence-corrected chi connectivity index (χ1v) is 8.48. The van der Waals surface area contributed by atoms with Crippen LogP contribution >= 0.6 is 11.6 Å². The van der Waals surface area contributed by atoms with E-state index in [0.717, 1.165) is 11.1 Å². The summed E-state index contributed by atoms with van der Waals surface area (Å²) in [5.41, 5.74) is 2.17. The minimum Gasteiger partial charge on any atom is -0.507 e. The lowest BCUT2D eigenvalue weighted by Crippen LogP contribution is -2.05. The first kappa shape index (κ1) is 16.3. The van der Waals surface area contributed by atoms with Crippen molar-refractivity contribution < 1.29 is 5.11 Å². The third kappa shape index (κ3) is 3.30. The number of benzene rings is 2. The van der Waals surface area contributed by atoms with Crippen molar-refractivity contribution in [1.29, 1.82) is 0 Å². The number of pyridine rings is 1. The van der Waals surface area contributed by atoms with Gasteiger partial charge < -0.3 is 10.4 Å². The van der Waals surface area contributed by atoms with Crippen molar-refractivity contribution in [3.8, 4) is 17.1 Å². The van der Waals surface area contributed by atoms with E-state index in [1.54, 1.807) is 36.5 Å². The van der Waals surface area contributed by atoms with Crippen LogP contribution in [0.1, 0.15) is 5.69 Å². The lowest BCUT2D eigenvalue weighted by Gasteiger charge is -2.11. The fraction of sp³-hybridized carbons (Fsp3) is 0.0500. The van der Waals surface area contributed by atoms with Crippen LogP contribution in [0.15, 0.2) is 66.9 Å². The lowest BCUT2D eigenvalue weighted by atomic mass is 10.1. The predicted molar refractivity (Wildman–Crippen MR) is 103 cm³/mol. The number of para-hydroxylation sites is 1. The first-order valence-electron chi connectivity index (χ1n) is 8.10. The molecule has 5 nitrogen and oxygen atoms in total. The second-order valence-corrected chi connectivity index (χ2v) is 6.19. The Morgan fingerprint density at radius 1 is 0.962 bits per heavy atom. The van der Waals surface area contributed by atoms with Crippen LogP contribution in [0.4, 0.5) is 5.82 Å². The minimum absolute atomic E-state index is 0.129. The van der Waals surface area contributed by atoms with Gasteiger partial charge in [0.1, 0.15) is 11.6 Å². The second-order valence-electron chi connectivity index (χ2n) is 5.75. The average Bonchev–Trinajstić information content (AvgIpc) is 2.67. The largest absolute Gasteiger partial charge is 0.507 e. The van der Waals surface area contributed by atoms with Gasteiger partial charge >= 0.3 is 0 Å². The monoisotopic (exact) mass is 362 g/mol. The Balaban J connectivity index is 1.80. The third-order valence-corrected chi connectivity index (χ3v) is 4.20. The fourth-order valence-corrected chi connectivity index (χ4v) is 2.86. The van der Waals surface area contributed by atoms with Crippen LogP contribution < -0.4 is 5.32 Å². The molecule has 0 amide bonds. The highest BCUT2D eigenvalue weighted by Gasteiger charge is 2.12. The summed E-state index contributed by atoms with van der Waals surface area (Å²) in [6.45, 7) is 0.524. The SMILES string of the molecule is Oc1ccccc1-c1nc(NCc2ccccn2)c2ccc(Cl)cc2n1. The summed E-state index contributed by atoms with van der Waals surface area (Å²) in [4.78, 5) is 13.5. The number of phenols is 1. The molecule has 2 aromatic heterocycles. The Kier molecular flexibility index (Phi) is 4.37. The number of hydrogen-bond donors (Lipinski definition) is 2. The molecule has 6 heteroatoms. The van der Waals surface area contributed by atoms with Crippen molar-refractivity contribution in [3.05, 3.63) is 77.6 Å². The van der Waals surface area contributed by atoms with E-state index < -0.39 is 0 Å². The van der Waals surface area contributed by atoms with E-state index in [0.29, 0.717) is 34.3 Å². The van der Waals surface area contributed by atoms with Gasteiger partial charge in [0.15, 0.2) is 5.82 Å². The Morgan fingerprint density at radius 2 is 1.81 bits per heavy atom. The van der Waals surface area contributed by atoms with Gasteiger partial charge in [-0.1, -0.05) is 29.8 Å². The number of anilines is 1. The van der Waals surface area contributed by atoms with Gasteiger partial charge in [-0.25, -0.2) is 9.97 Å². The molecule has 0 radical (unpaired) electrons. The molecule has 0 atom stereocenters. The smallest absolute Gasteiger partial charge is 0.165 e. The lowest BCUT2D eigenvalue weighted by molar-refractivity contribution is 0.477. The first-order chi connectivity index (χ1) is 12.7. The van der Waals surface area contributed by atoms with E-state index >= 15 is 0 Å². The summed E-state index contributed by atoms with van der Waals surface area (Å²) < 4.78 is 0. The molecule has 26 heavy (non-hydrogen) atoms. The molecule has 0 aliphatic rings. The van der Waals surface area contributed by atoms with Crippen LogP contribution in [0.5, 0.6) is 5.75 Å². The number of halogens is 1. The minimum atomic E-state index is 0.129. The van der Waals surface area contributed by atoms with Crippen molar-refractivity contribution in [3.63, 3.8) is 0 Å². The van der Waals surface area contributed by atoms with E-state index in [2.05, 4.69) is 20.3 Å². The maximum Gasteiger partial charge on any atom is 0.165 e. The quantitative estimate of drug-likeness (QED) is 0.552. The molecule has 0 spiro atoms. The van der Waals surface area contributed by atoms with Crippen molar-refractivity contribution in [1.82, 2.24) is 15.0 Å². The summed E-state index contributed by atoms with van der Waals surface area (Å²) in [7, 11) is 0. The number of phenolic OH excluding ortho intramolecular Hbond substituents is 1. The molecule has 0 saturated carbocycles. The Labute approximate surface area is 155 Å². The van der Waals surface area contributed by atoms with Gasteiger partial charge in [0.05, 0.1) is 23.3 Å². The number of hydrogen-bond acceptors (Lipinski definition) is 5. The maximum atomic E-state index is 10.2. The topological polar surface area (TPSA) is 70.9 Å². The van der Waals surface area contributed by atoms with Gasteiger partial charge in [-0.2, -0.15) is 0 Å². The molecule has 0 bridgehead atoms. The molecule has 2 heterocycles. The van der Waals surface area contributed by atoms with Crippen molar-refractivity contribution >= 4 is 28.3 Å². The van der Waals surface area contributed by atoms with Crippen LogP contribution in [0, 0.1) is 0 Å². The van der Waals surface area contributed by atoms with E-state index in [-0.39, 0.29) is 5.75 Å². The van der Waals surface area contributed by atoms with Gasteiger partial charge in [-0.3, -0.25) is 4.98 Å². The number of fused-ring (bicyclic) bond motifs is 1. The van der Waals surface area contributed by atoms with Gasteiger partial charge in [-0.15, -0.1) is 0 Å². The van der Waals surface area contributed by atoms with Gasteiger partial charge in [-0.05, 0) is 42.5 Å². The van der Waals surface area contributed by atoms with Crippen LogP contribution in [0.3, 0.4) is 0 Å². The molecule has 0 saturated heterocycles. The van der Waals surface area contributed by atoms with E-state index in [1.165, 1.54) is 0 Å². The van der Waals surface area contributed by atoms with Crippen LogP contribution in [-0.2, 0) is 6.54 Å². The normalized spacial score (nSPS) is 10.8. The third-order valence-electron chi connectivity index (χ3n) is 3.97. The van der Waals surface area contributed by atoms with Crippen LogP contribution in [-0.4, -0.2) is 20.1 Å². The average molecular weight is 363 g/mol. The highest BCUT2D eigenvalue weighted by atomic mass is 35.5. The Hall–Kier alpha value is -3.18. The number of aromatic nitrogens is 3. The highest BCUT2D eigenvalue weighted by Crippen LogP contribution is 2.31. The fourth-order valence-electron chi connectivity index (χ4n) is 2.70. The second kappa shape index (κ2) is 6.98. The molecular formula is C20H15ClN4O. The van der Waals surface area contributed by atoms with Gasteiger partial charge in [0, 0.05) is 16.6 Å². The maximum absolute atomic E-state index is 10.2. The molecule has 4 rings (SSSR count). The summed E-state index contributed by atoms with van der Waals surface area (Å²) >= 11 is 6.13. The number of nitrogens with zero attached hydrogens (tertiary/aromatic N) is 3. The number of aromatic hydroxyl groups is 1. The number of rotatable bonds is 4. The highest BCUT2D eigenvalue weighted by molar-refractivity contribution is 6.31. The van der Waals surface area contributed by atoms with Gasteiger partial charge in [0.25, 0.3) is 0 Å².